The summed E-state index contributed by atoms with van der Waals surface area (Å²) < 4.78 is 0. The third-order valence-electron chi connectivity index (χ3n) is 2.10. The lowest BCUT2D eigenvalue weighted by Gasteiger charge is -2.17. The largest absolute Gasteiger partial charge is 0.480 e. The fraction of sp³-hybridized carbons (Fsp3) is 0.636. The highest BCUT2D eigenvalue weighted by atomic mass is 16.4. The Hall–Kier alpha value is -1.52. The number of hydrogen-bond donors (Lipinski definition) is 3. The summed E-state index contributed by atoms with van der Waals surface area (Å²) in [6, 6.07) is -1.32. The van der Waals surface area contributed by atoms with Crippen LogP contribution >= 0.6 is 0 Å². The molecule has 5 nitrogen and oxygen atoms in total. The van der Waals surface area contributed by atoms with Gasteiger partial charge >= 0.3 is 12.0 Å². The van der Waals surface area contributed by atoms with E-state index in [9.17, 15) is 9.59 Å². The molecule has 0 rings (SSSR count). The van der Waals surface area contributed by atoms with Crippen molar-refractivity contribution in [3.05, 3.63) is 12.7 Å². The summed E-state index contributed by atoms with van der Waals surface area (Å²) in [6.45, 7) is 7.35. The van der Waals surface area contributed by atoms with Crippen molar-refractivity contribution in [2.45, 2.75) is 45.2 Å². The van der Waals surface area contributed by atoms with Crippen molar-refractivity contribution in [2.24, 2.45) is 0 Å². The first-order valence-corrected chi connectivity index (χ1v) is 5.42. The number of carbonyl (C=O) groups excluding carboxylic acids is 1. The van der Waals surface area contributed by atoms with Crippen LogP contribution in [0.3, 0.4) is 0 Å². The van der Waals surface area contributed by atoms with E-state index < -0.39 is 18.0 Å². The number of carboxylic acid groups (broad SMARTS) is 1. The van der Waals surface area contributed by atoms with Gasteiger partial charge in [-0.1, -0.05) is 19.4 Å². The maximum atomic E-state index is 11.4. The molecule has 16 heavy (non-hydrogen) atoms. The fourth-order valence-electron chi connectivity index (χ4n) is 1.32. The molecule has 0 aliphatic heterocycles. The highest BCUT2D eigenvalue weighted by Gasteiger charge is 2.18. The Morgan fingerprint density at radius 1 is 1.44 bits per heavy atom. The van der Waals surface area contributed by atoms with Crippen LogP contribution in [0.1, 0.15) is 33.1 Å². The van der Waals surface area contributed by atoms with E-state index in [-0.39, 0.29) is 12.5 Å². The number of rotatable bonds is 7. The lowest BCUT2D eigenvalue weighted by Crippen LogP contribution is -2.48. The summed E-state index contributed by atoms with van der Waals surface area (Å²) in [5, 5.41) is 13.9. The fourth-order valence-corrected chi connectivity index (χ4v) is 1.32. The molecule has 0 aliphatic rings. The van der Waals surface area contributed by atoms with Crippen molar-refractivity contribution in [2.75, 3.05) is 0 Å². The summed E-state index contributed by atoms with van der Waals surface area (Å²) in [4.78, 5) is 22.1. The van der Waals surface area contributed by atoms with Crippen LogP contribution in [0.5, 0.6) is 0 Å². The standard InChI is InChI=1S/C11H20N2O3/c1-4-6-8(3)12-11(16)13-9(7-5-2)10(14)15/h5,8-9H,2,4,6-7H2,1,3H3,(H,14,15)(H2,12,13,16). The van der Waals surface area contributed by atoms with E-state index in [2.05, 4.69) is 17.2 Å². The summed E-state index contributed by atoms with van der Waals surface area (Å²) in [7, 11) is 0. The average Bonchev–Trinajstić information content (AvgIpc) is 2.16. The van der Waals surface area contributed by atoms with Gasteiger partial charge in [-0.3, -0.25) is 0 Å². The molecule has 5 heteroatoms. The van der Waals surface area contributed by atoms with Crippen LogP contribution in [0.25, 0.3) is 0 Å². The number of aliphatic carboxylic acids is 1. The van der Waals surface area contributed by atoms with Crippen LogP contribution < -0.4 is 10.6 Å². The Morgan fingerprint density at radius 3 is 2.50 bits per heavy atom. The molecule has 0 fully saturated rings. The van der Waals surface area contributed by atoms with Gasteiger partial charge in [0.1, 0.15) is 6.04 Å². The SMILES string of the molecule is C=CCC(NC(=O)NC(C)CCC)C(=O)O. The molecule has 0 aliphatic carbocycles. The first kappa shape index (κ1) is 14.5. The number of nitrogens with one attached hydrogen (secondary N) is 2. The van der Waals surface area contributed by atoms with Crippen molar-refractivity contribution in [3.8, 4) is 0 Å². The quantitative estimate of drug-likeness (QED) is 0.578. The van der Waals surface area contributed by atoms with Gasteiger partial charge in [-0.25, -0.2) is 9.59 Å². The molecule has 0 bridgehead atoms. The zero-order valence-electron chi connectivity index (χ0n) is 9.82. The minimum atomic E-state index is -1.06. The van der Waals surface area contributed by atoms with Gasteiger partial charge in [0.15, 0.2) is 0 Å². The Balaban J connectivity index is 4.09. The minimum Gasteiger partial charge on any atom is -0.480 e. The second-order valence-electron chi connectivity index (χ2n) is 3.72. The summed E-state index contributed by atoms with van der Waals surface area (Å²) >= 11 is 0. The third-order valence-corrected chi connectivity index (χ3v) is 2.10. The molecule has 3 N–H and O–H groups in total. The lowest BCUT2D eigenvalue weighted by atomic mass is 10.2. The number of hydrogen-bond acceptors (Lipinski definition) is 2. The monoisotopic (exact) mass is 228 g/mol. The molecule has 2 atom stereocenters. The predicted molar refractivity (Wildman–Crippen MR) is 62.3 cm³/mol. The molecule has 0 aromatic carbocycles. The first-order valence-electron chi connectivity index (χ1n) is 5.42. The van der Waals surface area contributed by atoms with Gasteiger partial charge in [0.05, 0.1) is 0 Å². The molecule has 0 spiro atoms. The van der Waals surface area contributed by atoms with E-state index in [1.165, 1.54) is 6.08 Å². The molecule has 2 unspecified atom stereocenters. The van der Waals surface area contributed by atoms with Crippen LogP contribution in [-0.4, -0.2) is 29.2 Å². The smallest absolute Gasteiger partial charge is 0.326 e. The maximum Gasteiger partial charge on any atom is 0.326 e. The highest BCUT2D eigenvalue weighted by Crippen LogP contribution is 1.96. The van der Waals surface area contributed by atoms with E-state index in [4.69, 9.17) is 5.11 Å². The molecule has 2 amide bonds. The molecular weight excluding hydrogens is 208 g/mol. The van der Waals surface area contributed by atoms with E-state index in [0.29, 0.717) is 0 Å². The van der Waals surface area contributed by atoms with Gasteiger partial charge in [0.25, 0.3) is 0 Å². The zero-order valence-corrected chi connectivity index (χ0v) is 9.82. The molecule has 0 saturated heterocycles. The Morgan fingerprint density at radius 2 is 2.06 bits per heavy atom. The zero-order chi connectivity index (χ0) is 12.6. The lowest BCUT2D eigenvalue weighted by molar-refractivity contribution is -0.139. The van der Waals surface area contributed by atoms with E-state index >= 15 is 0 Å². The maximum absolute atomic E-state index is 11.4. The number of carbonyl (C=O) groups is 2. The van der Waals surface area contributed by atoms with Gasteiger partial charge in [0.2, 0.25) is 0 Å². The Labute approximate surface area is 95.9 Å². The second-order valence-corrected chi connectivity index (χ2v) is 3.72. The molecule has 0 saturated carbocycles. The van der Waals surface area contributed by atoms with Crippen LogP contribution in [0.2, 0.25) is 0 Å². The van der Waals surface area contributed by atoms with Crippen molar-refractivity contribution in [1.29, 1.82) is 0 Å². The first-order chi connectivity index (χ1) is 7.51. The Bertz CT molecular complexity index is 254. The predicted octanol–water partition coefficient (Wildman–Crippen LogP) is 1.50. The van der Waals surface area contributed by atoms with Crippen LogP contribution in [0.4, 0.5) is 4.79 Å². The van der Waals surface area contributed by atoms with E-state index in [1.807, 2.05) is 13.8 Å². The van der Waals surface area contributed by atoms with Gasteiger partial charge in [-0.05, 0) is 19.8 Å². The molecular formula is C11H20N2O3. The van der Waals surface area contributed by atoms with Gasteiger partial charge in [0, 0.05) is 6.04 Å². The summed E-state index contributed by atoms with van der Waals surface area (Å²) in [5.74, 6) is -1.06. The van der Waals surface area contributed by atoms with Crippen LogP contribution in [-0.2, 0) is 4.79 Å². The average molecular weight is 228 g/mol. The van der Waals surface area contributed by atoms with E-state index in [0.717, 1.165) is 12.8 Å². The second kappa shape index (κ2) is 7.73. The number of amides is 2. The molecule has 0 heterocycles. The van der Waals surface area contributed by atoms with Gasteiger partial charge in [-0.15, -0.1) is 6.58 Å². The van der Waals surface area contributed by atoms with Crippen molar-refractivity contribution < 1.29 is 14.7 Å². The summed E-state index contributed by atoms with van der Waals surface area (Å²) in [5.41, 5.74) is 0. The molecule has 0 aromatic rings. The van der Waals surface area contributed by atoms with Crippen molar-refractivity contribution in [3.63, 3.8) is 0 Å². The van der Waals surface area contributed by atoms with Crippen LogP contribution in [0.15, 0.2) is 12.7 Å². The summed E-state index contributed by atoms with van der Waals surface area (Å²) in [6.07, 6.45) is 3.52. The third kappa shape index (κ3) is 6.06. The number of carboxylic acids is 1. The molecule has 0 aromatic heterocycles. The van der Waals surface area contributed by atoms with E-state index in [1.54, 1.807) is 0 Å². The van der Waals surface area contributed by atoms with Crippen molar-refractivity contribution >= 4 is 12.0 Å². The van der Waals surface area contributed by atoms with Gasteiger partial charge in [-0.2, -0.15) is 0 Å². The topological polar surface area (TPSA) is 78.4 Å². The number of urea groups is 1. The van der Waals surface area contributed by atoms with Crippen molar-refractivity contribution in [1.82, 2.24) is 10.6 Å². The molecule has 92 valence electrons. The molecule has 0 radical (unpaired) electrons. The Kier molecular flexibility index (Phi) is 7.00. The normalized spacial score (nSPS) is 13.6. The highest BCUT2D eigenvalue weighted by molar-refractivity contribution is 5.82. The van der Waals surface area contributed by atoms with Gasteiger partial charge < -0.3 is 15.7 Å². The van der Waals surface area contributed by atoms with Crippen LogP contribution in [0, 0.1) is 0 Å². The minimum absolute atomic E-state index is 0.0446.